The van der Waals surface area contributed by atoms with E-state index >= 15 is 0 Å². The smallest absolute Gasteiger partial charge is 0.0233 e. The Labute approximate surface area is 131 Å². The molecule has 0 aliphatic carbocycles. The Morgan fingerprint density at radius 3 is 2.84 bits per heavy atom. The molecule has 1 saturated heterocycles. The zero-order chi connectivity index (χ0) is 13.0. The zero-order valence-corrected chi connectivity index (χ0v) is 14.2. The van der Waals surface area contributed by atoms with Crippen molar-refractivity contribution in [2.75, 3.05) is 26.7 Å². The molecule has 1 atom stereocenters. The molecule has 2 rings (SSSR count). The van der Waals surface area contributed by atoms with Crippen LogP contribution in [0.25, 0.3) is 0 Å². The Balaban J connectivity index is 0.00000180. The summed E-state index contributed by atoms with van der Waals surface area (Å²) in [6, 6.07) is 6.57. The van der Waals surface area contributed by atoms with E-state index in [-0.39, 0.29) is 12.4 Å². The van der Waals surface area contributed by atoms with Gasteiger partial charge in [-0.3, -0.25) is 0 Å². The lowest BCUT2D eigenvalue weighted by molar-refractivity contribution is 0.237. The Hall–Kier alpha value is -0.0900. The van der Waals surface area contributed by atoms with Gasteiger partial charge in [0.05, 0.1) is 0 Å². The molecule has 0 saturated carbocycles. The summed E-state index contributed by atoms with van der Waals surface area (Å²) in [6.07, 6.45) is 2.70. The summed E-state index contributed by atoms with van der Waals surface area (Å²) in [6.45, 7) is 6.82. The van der Waals surface area contributed by atoms with Crippen LogP contribution < -0.4 is 5.32 Å². The number of piperidine rings is 1. The van der Waals surface area contributed by atoms with E-state index in [1.807, 2.05) is 0 Å². The summed E-state index contributed by atoms with van der Waals surface area (Å²) >= 11 is 3.52. The molecule has 0 spiro atoms. The van der Waals surface area contributed by atoms with Crippen LogP contribution in [0.2, 0.25) is 0 Å². The van der Waals surface area contributed by atoms with Crippen molar-refractivity contribution < 1.29 is 0 Å². The molecule has 1 N–H and O–H groups in total. The normalized spacial score (nSPS) is 19.3. The summed E-state index contributed by atoms with van der Waals surface area (Å²) in [5.74, 6) is 0.819. The largest absolute Gasteiger partial charge is 0.316 e. The first kappa shape index (κ1) is 17.0. The van der Waals surface area contributed by atoms with E-state index in [0.717, 1.165) is 12.5 Å². The van der Waals surface area contributed by atoms with Crippen LogP contribution >= 0.6 is 28.3 Å². The van der Waals surface area contributed by atoms with Crippen LogP contribution in [0, 0.1) is 12.8 Å². The van der Waals surface area contributed by atoms with Gasteiger partial charge in [0, 0.05) is 17.6 Å². The Morgan fingerprint density at radius 2 is 2.21 bits per heavy atom. The fraction of sp³-hybridized carbons (Fsp3) is 0.600. The van der Waals surface area contributed by atoms with E-state index in [4.69, 9.17) is 0 Å². The van der Waals surface area contributed by atoms with Crippen molar-refractivity contribution >= 4 is 28.3 Å². The Bertz CT molecular complexity index is 392. The first-order valence-corrected chi connectivity index (χ1v) is 7.59. The van der Waals surface area contributed by atoms with E-state index in [1.54, 1.807) is 0 Å². The van der Waals surface area contributed by atoms with Crippen LogP contribution in [0.15, 0.2) is 22.7 Å². The van der Waals surface area contributed by atoms with Crippen LogP contribution in [0.1, 0.15) is 24.0 Å². The third-order valence-corrected chi connectivity index (χ3v) is 4.21. The monoisotopic (exact) mass is 346 g/mol. The summed E-state index contributed by atoms with van der Waals surface area (Å²) in [4.78, 5) is 2.45. The van der Waals surface area contributed by atoms with Crippen molar-refractivity contribution in [2.45, 2.75) is 26.3 Å². The molecule has 108 valence electrons. The molecule has 0 radical (unpaired) electrons. The van der Waals surface area contributed by atoms with Crippen LogP contribution in [0.3, 0.4) is 0 Å². The van der Waals surface area contributed by atoms with E-state index < -0.39 is 0 Å². The lowest BCUT2D eigenvalue weighted by Gasteiger charge is -2.28. The molecule has 2 nitrogen and oxygen atoms in total. The minimum absolute atomic E-state index is 0. The average molecular weight is 348 g/mol. The second-order valence-corrected chi connectivity index (χ2v) is 6.40. The number of hydrogen-bond donors (Lipinski definition) is 1. The molecule has 1 aliphatic rings. The Morgan fingerprint density at radius 1 is 1.42 bits per heavy atom. The molecular weight excluding hydrogens is 324 g/mol. The Kier molecular flexibility index (Phi) is 7.37. The van der Waals surface area contributed by atoms with Gasteiger partial charge in [-0.05, 0) is 69.1 Å². The lowest BCUT2D eigenvalue weighted by atomic mass is 9.99. The molecular formula is C15H24BrClN2. The molecule has 0 amide bonds. The maximum Gasteiger partial charge on any atom is 0.0233 e. The maximum atomic E-state index is 3.52. The standard InChI is InChI=1S/C15H23BrN2.ClH/c1-12-8-15(16)6-5-14(12)11-18(2)10-13-4-3-7-17-9-13;/h5-6,8,13,17H,3-4,7,9-11H2,1-2H3;1H. The first-order valence-electron chi connectivity index (χ1n) is 6.79. The second-order valence-electron chi connectivity index (χ2n) is 5.48. The molecule has 0 bridgehead atoms. The van der Waals surface area contributed by atoms with Crippen molar-refractivity contribution in [3.63, 3.8) is 0 Å². The highest BCUT2D eigenvalue weighted by atomic mass is 79.9. The average Bonchev–Trinajstić information content (AvgIpc) is 2.34. The molecule has 1 aromatic carbocycles. The number of benzene rings is 1. The number of halogens is 2. The van der Waals surface area contributed by atoms with Gasteiger partial charge < -0.3 is 10.2 Å². The highest BCUT2D eigenvalue weighted by Crippen LogP contribution is 2.18. The second kappa shape index (κ2) is 8.25. The molecule has 1 unspecified atom stereocenters. The van der Waals surface area contributed by atoms with Gasteiger partial charge in [0.1, 0.15) is 0 Å². The minimum atomic E-state index is 0. The number of hydrogen-bond acceptors (Lipinski definition) is 2. The van der Waals surface area contributed by atoms with Gasteiger partial charge in [-0.1, -0.05) is 22.0 Å². The topological polar surface area (TPSA) is 15.3 Å². The zero-order valence-electron chi connectivity index (χ0n) is 11.8. The molecule has 1 fully saturated rings. The van der Waals surface area contributed by atoms with Crippen molar-refractivity contribution in [2.24, 2.45) is 5.92 Å². The van der Waals surface area contributed by atoms with Gasteiger partial charge in [0.15, 0.2) is 0 Å². The lowest BCUT2D eigenvalue weighted by Crippen LogP contribution is -2.36. The molecule has 0 aromatic heterocycles. The third-order valence-electron chi connectivity index (χ3n) is 3.71. The van der Waals surface area contributed by atoms with Gasteiger partial charge in [0.25, 0.3) is 0 Å². The SMILES string of the molecule is Cc1cc(Br)ccc1CN(C)CC1CCCNC1.Cl. The number of nitrogens with one attached hydrogen (secondary N) is 1. The molecule has 1 aromatic rings. The predicted octanol–water partition coefficient (Wildman–Crippen LogP) is 3.61. The van der Waals surface area contributed by atoms with Crippen LogP contribution in [0.5, 0.6) is 0 Å². The molecule has 4 heteroatoms. The van der Waals surface area contributed by atoms with Gasteiger partial charge in [-0.15, -0.1) is 12.4 Å². The van der Waals surface area contributed by atoms with Crippen LogP contribution in [-0.2, 0) is 6.54 Å². The number of aryl methyl sites for hydroxylation is 1. The summed E-state index contributed by atoms with van der Waals surface area (Å²) in [7, 11) is 2.23. The van der Waals surface area contributed by atoms with E-state index in [0.29, 0.717) is 0 Å². The maximum absolute atomic E-state index is 3.52. The quantitative estimate of drug-likeness (QED) is 0.895. The fourth-order valence-electron chi connectivity index (χ4n) is 2.71. The van der Waals surface area contributed by atoms with E-state index in [9.17, 15) is 0 Å². The first-order chi connectivity index (χ1) is 8.65. The van der Waals surface area contributed by atoms with Gasteiger partial charge in [-0.25, -0.2) is 0 Å². The molecule has 1 heterocycles. The van der Waals surface area contributed by atoms with E-state index in [1.165, 1.54) is 48.1 Å². The minimum Gasteiger partial charge on any atom is -0.316 e. The third kappa shape index (κ3) is 5.42. The van der Waals surface area contributed by atoms with Crippen molar-refractivity contribution in [3.8, 4) is 0 Å². The summed E-state index contributed by atoms with van der Waals surface area (Å²) in [5.41, 5.74) is 2.81. The molecule has 19 heavy (non-hydrogen) atoms. The number of nitrogens with zero attached hydrogens (tertiary/aromatic N) is 1. The van der Waals surface area contributed by atoms with E-state index in [2.05, 4.69) is 58.3 Å². The highest BCUT2D eigenvalue weighted by Gasteiger charge is 2.15. The molecule has 1 aliphatic heterocycles. The van der Waals surface area contributed by atoms with Crippen molar-refractivity contribution in [1.82, 2.24) is 10.2 Å². The fourth-order valence-corrected chi connectivity index (χ4v) is 3.19. The van der Waals surface area contributed by atoms with Gasteiger partial charge >= 0.3 is 0 Å². The van der Waals surface area contributed by atoms with Gasteiger partial charge in [-0.2, -0.15) is 0 Å². The highest BCUT2D eigenvalue weighted by molar-refractivity contribution is 9.10. The van der Waals surface area contributed by atoms with Gasteiger partial charge in [0.2, 0.25) is 0 Å². The van der Waals surface area contributed by atoms with Crippen molar-refractivity contribution in [3.05, 3.63) is 33.8 Å². The van der Waals surface area contributed by atoms with Crippen molar-refractivity contribution in [1.29, 1.82) is 0 Å². The van der Waals surface area contributed by atoms with Crippen LogP contribution in [-0.4, -0.2) is 31.6 Å². The summed E-state index contributed by atoms with van der Waals surface area (Å²) in [5, 5.41) is 3.49. The number of rotatable bonds is 4. The van der Waals surface area contributed by atoms with Crippen LogP contribution in [0.4, 0.5) is 0 Å². The summed E-state index contributed by atoms with van der Waals surface area (Å²) < 4.78 is 1.17. The predicted molar refractivity (Wildman–Crippen MR) is 88.1 cm³/mol.